The Kier molecular flexibility index (Phi) is 2.83. The molecule has 0 saturated carbocycles. The number of benzene rings is 1. The van der Waals surface area contributed by atoms with Gasteiger partial charge in [0.15, 0.2) is 11.4 Å². The normalized spacial score (nSPS) is 11.0. The highest BCUT2D eigenvalue weighted by molar-refractivity contribution is 5.95. The van der Waals surface area contributed by atoms with Gasteiger partial charge in [-0.3, -0.25) is 0 Å². The van der Waals surface area contributed by atoms with Crippen LogP contribution in [0.15, 0.2) is 16.5 Å². The molecule has 0 unspecified atom stereocenters. The molecule has 1 aromatic carbocycles. The molecule has 0 spiro atoms. The zero-order chi connectivity index (χ0) is 12.6. The molecule has 0 amide bonds. The van der Waals surface area contributed by atoms with E-state index in [-0.39, 0.29) is 16.7 Å². The Labute approximate surface area is 95.7 Å². The van der Waals surface area contributed by atoms with Gasteiger partial charge in [-0.15, -0.1) is 0 Å². The number of fused-ring (bicyclic) bond motifs is 1. The highest BCUT2D eigenvalue weighted by Crippen LogP contribution is 2.30. The molecule has 1 aromatic heterocycles. The Morgan fingerprint density at radius 3 is 2.71 bits per heavy atom. The van der Waals surface area contributed by atoms with Crippen LogP contribution < -0.4 is 0 Å². The molecule has 2 aromatic rings. The van der Waals surface area contributed by atoms with Gasteiger partial charge in [-0.05, 0) is 12.5 Å². The number of carbonyl (C=O) groups is 1. The Balaban J connectivity index is 2.79. The maximum Gasteiger partial charge on any atom is 0.372 e. The number of hydrogen-bond acceptors (Lipinski definition) is 2. The predicted octanol–water partition coefficient (Wildman–Crippen LogP) is 3.36. The molecule has 0 atom stereocenters. The van der Waals surface area contributed by atoms with Crippen molar-refractivity contribution in [2.75, 3.05) is 0 Å². The number of rotatable bonds is 3. The third-order valence-corrected chi connectivity index (χ3v) is 2.51. The van der Waals surface area contributed by atoms with Gasteiger partial charge in [0.25, 0.3) is 0 Å². The maximum absolute atomic E-state index is 13.4. The molecule has 0 radical (unpaired) electrons. The number of carboxylic acids is 1. The van der Waals surface area contributed by atoms with Gasteiger partial charge in [0.1, 0.15) is 5.82 Å². The van der Waals surface area contributed by atoms with Crippen LogP contribution in [0.4, 0.5) is 8.78 Å². The van der Waals surface area contributed by atoms with Gasteiger partial charge in [0.05, 0.1) is 0 Å². The average Bonchev–Trinajstić information content (AvgIpc) is 2.58. The van der Waals surface area contributed by atoms with Gasteiger partial charge in [-0.1, -0.05) is 13.3 Å². The smallest absolute Gasteiger partial charge is 0.372 e. The van der Waals surface area contributed by atoms with E-state index in [0.29, 0.717) is 24.5 Å². The summed E-state index contributed by atoms with van der Waals surface area (Å²) >= 11 is 0. The van der Waals surface area contributed by atoms with Crippen LogP contribution in [0.2, 0.25) is 0 Å². The second-order valence-corrected chi connectivity index (χ2v) is 3.73. The van der Waals surface area contributed by atoms with Crippen molar-refractivity contribution in [1.82, 2.24) is 0 Å². The van der Waals surface area contributed by atoms with E-state index in [0.717, 1.165) is 6.07 Å². The monoisotopic (exact) mass is 240 g/mol. The molecule has 0 saturated heterocycles. The van der Waals surface area contributed by atoms with Crippen LogP contribution >= 0.6 is 0 Å². The highest BCUT2D eigenvalue weighted by Gasteiger charge is 2.21. The number of aryl methyl sites for hydroxylation is 1. The third-order valence-electron chi connectivity index (χ3n) is 2.51. The summed E-state index contributed by atoms with van der Waals surface area (Å²) in [4.78, 5) is 11.0. The van der Waals surface area contributed by atoms with Crippen molar-refractivity contribution in [3.05, 3.63) is 35.1 Å². The van der Waals surface area contributed by atoms with Crippen LogP contribution in [0.25, 0.3) is 11.0 Å². The minimum atomic E-state index is -1.27. The summed E-state index contributed by atoms with van der Waals surface area (Å²) in [7, 11) is 0. The van der Waals surface area contributed by atoms with E-state index in [2.05, 4.69) is 0 Å². The van der Waals surface area contributed by atoms with Crippen molar-refractivity contribution in [1.29, 1.82) is 0 Å². The molecule has 2 rings (SSSR count). The lowest BCUT2D eigenvalue weighted by molar-refractivity contribution is 0.0663. The number of hydrogen-bond donors (Lipinski definition) is 1. The van der Waals surface area contributed by atoms with Crippen LogP contribution in [0.5, 0.6) is 0 Å². The molecule has 0 aliphatic heterocycles. The molecule has 90 valence electrons. The molecule has 0 aliphatic carbocycles. The summed E-state index contributed by atoms with van der Waals surface area (Å²) in [6.07, 6.45) is 1.06. The van der Waals surface area contributed by atoms with Crippen molar-refractivity contribution < 1.29 is 23.1 Å². The van der Waals surface area contributed by atoms with E-state index in [4.69, 9.17) is 9.52 Å². The molecule has 3 nitrogen and oxygen atoms in total. The molecule has 17 heavy (non-hydrogen) atoms. The van der Waals surface area contributed by atoms with Crippen molar-refractivity contribution in [2.45, 2.75) is 19.8 Å². The van der Waals surface area contributed by atoms with Crippen molar-refractivity contribution in [3.8, 4) is 0 Å². The Morgan fingerprint density at radius 1 is 1.41 bits per heavy atom. The minimum Gasteiger partial charge on any atom is -0.475 e. The summed E-state index contributed by atoms with van der Waals surface area (Å²) in [6, 6.07) is 1.77. The number of carboxylic acid groups (broad SMARTS) is 1. The maximum atomic E-state index is 13.4. The zero-order valence-electron chi connectivity index (χ0n) is 9.09. The molecule has 0 aliphatic rings. The number of halogens is 2. The molecule has 1 N–H and O–H groups in total. The summed E-state index contributed by atoms with van der Waals surface area (Å²) < 4.78 is 31.5. The topological polar surface area (TPSA) is 50.4 Å². The van der Waals surface area contributed by atoms with Gasteiger partial charge < -0.3 is 9.52 Å². The van der Waals surface area contributed by atoms with E-state index in [1.165, 1.54) is 0 Å². The van der Waals surface area contributed by atoms with E-state index in [1.807, 2.05) is 6.92 Å². The summed E-state index contributed by atoms with van der Waals surface area (Å²) in [6.45, 7) is 1.85. The molecule has 1 heterocycles. The number of aromatic carboxylic acids is 1. The average molecular weight is 240 g/mol. The SMILES string of the molecule is CCCc1c(C(=O)O)oc2c(F)cc(F)cc12. The lowest BCUT2D eigenvalue weighted by atomic mass is 10.1. The van der Waals surface area contributed by atoms with Crippen LogP contribution in [0, 0.1) is 11.6 Å². The Morgan fingerprint density at radius 2 is 2.12 bits per heavy atom. The van der Waals surface area contributed by atoms with Crippen LogP contribution in [0.3, 0.4) is 0 Å². The molecular weight excluding hydrogens is 230 g/mol. The second kappa shape index (κ2) is 4.16. The largest absolute Gasteiger partial charge is 0.475 e. The molecular formula is C12H10F2O3. The van der Waals surface area contributed by atoms with Crippen molar-refractivity contribution >= 4 is 16.9 Å². The van der Waals surface area contributed by atoms with Crippen LogP contribution in [-0.4, -0.2) is 11.1 Å². The molecule has 0 fully saturated rings. The first-order chi connectivity index (χ1) is 8.04. The summed E-state index contributed by atoms with van der Waals surface area (Å²) in [5.74, 6) is -3.22. The molecule has 5 heteroatoms. The van der Waals surface area contributed by atoms with Gasteiger partial charge in [0.2, 0.25) is 5.76 Å². The highest BCUT2D eigenvalue weighted by atomic mass is 19.1. The fourth-order valence-corrected chi connectivity index (χ4v) is 1.85. The standard InChI is InChI=1S/C12H10F2O3/c1-2-3-7-8-4-6(13)5-9(14)10(8)17-11(7)12(15)16/h4-5H,2-3H2,1H3,(H,15,16). The fraction of sp³-hybridized carbons (Fsp3) is 0.250. The Hall–Kier alpha value is -1.91. The van der Waals surface area contributed by atoms with Crippen molar-refractivity contribution in [3.63, 3.8) is 0 Å². The van der Waals surface area contributed by atoms with E-state index in [1.54, 1.807) is 0 Å². The lowest BCUT2D eigenvalue weighted by Gasteiger charge is -1.97. The van der Waals surface area contributed by atoms with E-state index < -0.39 is 17.6 Å². The Bertz CT molecular complexity index is 587. The first-order valence-corrected chi connectivity index (χ1v) is 5.18. The van der Waals surface area contributed by atoms with Gasteiger partial charge >= 0.3 is 5.97 Å². The number of furan rings is 1. The minimum absolute atomic E-state index is 0.196. The summed E-state index contributed by atoms with van der Waals surface area (Å²) in [5.41, 5.74) is 0.139. The zero-order valence-corrected chi connectivity index (χ0v) is 9.09. The predicted molar refractivity (Wildman–Crippen MR) is 57.1 cm³/mol. The van der Waals surface area contributed by atoms with E-state index >= 15 is 0 Å². The van der Waals surface area contributed by atoms with Gasteiger partial charge in [-0.2, -0.15) is 0 Å². The lowest BCUT2D eigenvalue weighted by Crippen LogP contribution is -1.98. The van der Waals surface area contributed by atoms with Crippen LogP contribution in [0.1, 0.15) is 29.5 Å². The first-order valence-electron chi connectivity index (χ1n) is 5.18. The molecule has 0 bridgehead atoms. The first kappa shape index (κ1) is 11.6. The fourth-order valence-electron chi connectivity index (χ4n) is 1.85. The second-order valence-electron chi connectivity index (χ2n) is 3.73. The van der Waals surface area contributed by atoms with Gasteiger partial charge in [-0.25, -0.2) is 13.6 Å². The van der Waals surface area contributed by atoms with E-state index in [9.17, 15) is 13.6 Å². The third kappa shape index (κ3) is 1.88. The van der Waals surface area contributed by atoms with Crippen molar-refractivity contribution in [2.24, 2.45) is 0 Å². The quantitative estimate of drug-likeness (QED) is 0.894. The summed E-state index contributed by atoms with van der Waals surface area (Å²) in [5, 5.41) is 9.14. The van der Waals surface area contributed by atoms with Crippen LogP contribution in [-0.2, 0) is 6.42 Å². The van der Waals surface area contributed by atoms with Gasteiger partial charge in [0, 0.05) is 17.0 Å².